The third kappa shape index (κ3) is 3.57. The van der Waals surface area contributed by atoms with Crippen molar-refractivity contribution in [3.8, 4) is 0 Å². The standard InChI is InChI=1S/C16H24N2O/c1-12(2)11-13-5-7-14(8-6-13)15(17)16(19)18-9-3-4-10-18/h5-8,12,15H,3-4,9-11,17H2,1-2H3. The summed E-state index contributed by atoms with van der Waals surface area (Å²) >= 11 is 0. The number of carbonyl (C=O) groups is 1. The third-order valence-corrected chi connectivity index (χ3v) is 3.67. The number of hydrogen-bond donors (Lipinski definition) is 1. The number of nitrogens with two attached hydrogens (primary N) is 1. The van der Waals surface area contributed by atoms with E-state index >= 15 is 0 Å². The fourth-order valence-corrected chi connectivity index (χ4v) is 2.61. The van der Waals surface area contributed by atoms with Crippen LogP contribution in [-0.2, 0) is 11.2 Å². The van der Waals surface area contributed by atoms with Crippen LogP contribution in [0.2, 0.25) is 0 Å². The number of carbonyl (C=O) groups excluding carboxylic acids is 1. The lowest BCUT2D eigenvalue weighted by Crippen LogP contribution is -2.36. The zero-order valence-corrected chi connectivity index (χ0v) is 11.9. The molecule has 1 unspecified atom stereocenters. The van der Waals surface area contributed by atoms with Crippen molar-refractivity contribution in [2.45, 2.75) is 39.2 Å². The highest BCUT2D eigenvalue weighted by Gasteiger charge is 2.24. The lowest BCUT2D eigenvalue weighted by molar-refractivity contribution is -0.131. The van der Waals surface area contributed by atoms with Crippen LogP contribution in [0.25, 0.3) is 0 Å². The number of nitrogens with zero attached hydrogens (tertiary/aromatic N) is 1. The molecular weight excluding hydrogens is 236 g/mol. The Morgan fingerprint density at radius 3 is 2.32 bits per heavy atom. The molecule has 0 aromatic heterocycles. The fourth-order valence-electron chi connectivity index (χ4n) is 2.61. The first-order valence-electron chi connectivity index (χ1n) is 7.21. The molecule has 2 rings (SSSR count). The molecule has 1 atom stereocenters. The minimum Gasteiger partial charge on any atom is -0.341 e. The van der Waals surface area contributed by atoms with E-state index in [1.54, 1.807) is 0 Å². The molecule has 1 amide bonds. The van der Waals surface area contributed by atoms with Gasteiger partial charge in [-0.2, -0.15) is 0 Å². The van der Waals surface area contributed by atoms with Crippen LogP contribution in [0.4, 0.5) is 0 Å². The molecule has 0 bridgehead atoms. The van der Waals surface area contributed by atoms with Crippen molar-refractivity contribution < 1.29 is 4.79 Å². The minimum atomic E-state index is -0.508. The smallest absolute Gasteiger partial charge is 0.244 e. The van der Waals surface area contributed by atoms with Crippen molar-refractivity contribution in [3.63, 3.8) is 0 Å². The first-order valence-corrected chi connectivity index (χ1v) is 7.21. The summed E-state index contributed by atoms with van der Waals surface area (Å²) in [5, 5.41) is 0. The molecule has 1 aromatic carbocycles. The molecule has 104 valence electrons. The summed E-state index contributed by atoms with van der Waals surface area (Å²) in [7, 11) is 0. The Morgan fingerprint density at radius 2 is 1.79 bits per heavy atom. The van der Waals surface area contributed by atoms with E-state index in [-0.39, 0.29) is 5.91 Å². The van der Waals surface area contributed by atoms with Crippen LogP contribution < -0.4 is 5.73 Å². The van der Waals surface area contributed by atoms with E-state index in [0.29, 0.717) is 5.92 Å². The highest BCUT2D eigenvalue weighted by molar-refractivity contribution is 5.83. The molecule has 1 heterocycles. The number of rotatable bonds is 4. The Balaban J connectivity index is 2.02. The van der Waals surface area contributed by atoms with Crippen molar-refractivity contribution in [1.82, 2.24) is 4.90 Å². The van der Waals surface area contributed by atoms with Gasteiger partial charge in [-0.1, -0.05) is 38.1 Å². The van der Waals surface area contributed by atoms with Gasteiger partial charge in [0.25, 0.3) is 0 Å². The van der Waals surface area contributed by atoms with E-state index in [2.05, 4.69) is 26.0 Å². The van der Waals surface area contributed by atoms with Crippen molar-refractivity contribution in [2.75, 3.05) is 13.1 Å². The average Bonchev–Trinajstić information content (AvgIpc) is 2.91. The van der Waals surface area contributed by atoms with Crippen molar-refractivity contribution in [3.05, 3.63) is 35.4 Å². The maximum atomic E-state index is 12.2. The largest absolute Gasteiger partial charge is 0.341 e. The van der Waals surface area contributed by atoms with Crippen LogP contribution >= 0.6 is 0 Å². The van der Waals surface area contributed by atoms with Gasteiger partial charge in [0.15, 0.2) is 0 Å². The van der Waals surface area contributed by atoms with Crippen LogP contribution in [0, 0.1) is 5.92 Å². The number of benzene rings is 1. The van der Waals surface area contributed by atoms with E-state index in [4.69, 9.17) is 5.73 Å². The molecule has 1 aromatic rings. The maximum absolute atomic E-state index is 12.2. The Kier molecular flexibility index (Phi) is 4.59. The lowest BCUT2D eigenvalue weighted by Gasteiger charge is -2.20. The predicted molar refractivity (Wildman–Crippen MR) is 77.7 cm³/mol. The van der Waals surface area contributed by atoms with Gasteiger partial charge in [-0.25, -0.2) is 0 Å². The molecule has 3 nitrogen and oxygen atoms in total. The summed E-state index contributed by atoms with van der Waals surface area (Å²) in [6.45, 7) is 6.13. The van der Waals surface area contributed by atoms with Gasteiger partial charge in [-0.3, -0.25) is 4.79 Å². The average molecular weight is 260 g/mol. The third-order valence-electron chi connectivity index (χ3n) is 3.67. The summed E-state index contributed by atoms with van der Waals surface area (Å²) in [6, 6.07) is 7.66. The van der Waals surface area contributed by atoms with Crippen molar-refractivity contribution in [2.24, 2.45) is 11.7 Å². The number of amides is 1. The SMILES string of the molecule is CC(C)Cc1ccc(C(N)C(=O)N2CCCC2)cc1. The van der Waals surface area contributed by atoms with Crippen LogP contribution in [0.3, 0.4) is 0 Å². The maximum Gasteiger partial charge on any atom is 0.244 e. The molecule has 0 spiro atoms. The minimum absolute atomic E-state index is 0.0640. The summed E-state index contributed by atoms with van der Waals surface area (Å²) < 4.78 is 0. The molecule has 0 saturated carbocycles. The molecule has 19 heavy (non-hydrogen) atoms. The Morgan fingerprint density at radius 1 is 1.21 bits per heavy atom. The van der Waals surface area contributed by atoms with Gasteiger partial charge in [-0.15, -0.1) is 0 Å². The summed E-state index contributed by atoms with van der Waals surface area (Å²) in [5.74, 6) is 0.708. The molecule has 1 fully saturated rings. The summed E-state index contributed by atoms with van der Waals surface area (Å²) in [6.07, 6.45) is 3.27. The highest BCUT2D eigenvalue weighted by Crippen LogP contribution is 2.18. The van der Waals surface area contributed by atoms with Crippen molar-refractivity contribution >= 4 is 5.91 Å². The quantitative estimate of drug-likeness (QED) is 0.904. The van der Waals surface area contributed by atoms with E-state index in [0.717, 1.165) is 37.9 Å². The molecule has 1 aliphatic rings. The van der Waals surface area contributed by atoms with Crippen LogP contribution in [0.15, 0.2) is 24.3 Å². The van der Waals surface area contributed by atoms with Gasteiger partial charge in [-0.05, 0) is 36.3 Å². The normalized spacial score (nSPS) is 16.9. The molecule has 0 radical (unpaired) electrons. The molecule has 1 aliphatic heterocycles. The van der Waals surface area contributed by atoms with Crippen LogP contribution in [0.5, 0.6) is 0 Å². The second kappa shape index (κ2) is 6.20. The van der Waals surface area contributed by atoms with Gasteiger partial charge < -0.3 is 10.6 Å². The Hall–Kier alpha value is -1.35. The summed E-state index contributed by atoms with van der Waals surface area (Å²) in [4.78, 5) is 14.1. The van der Waals surface area contributed by atoms with Crippen molar-refractivity contribution in [1.29, 1.82) is 0 Å². The molecule has 1 saturated heterocycles. The first-order chi connectivity index (χ1) is 9.08. The summed E-state index contributed by atoms with van der Waals surface area (Å²) in [5.41, 5.74) is 8.30. The monoisotopic (exact) mass is 260 g/mol. The predicted octanol–water partition coefficient (Wildman–Crippen LogP) is 2.51. The number of likely N-dealkylation sites (tertiary alicyclic amines) is 1. The Labute approximate surface area is 115 Å². The van der Waals surface area contributed by atoms with Gasteiger partial charge in [0.2, 0.25) is 5.91 Å². The zero-order chi connectivity index (χ0) is 13.8. The fraction of sp³-hybridized carbons (Fsp3) is 0.562. The highest BCUT2D eigenvalue weighted by atomic mass is 16.2. The second-order valence-corrected chi connectivity index (χ2v) is 5.85. The zero-order valence-electron chi connectivity index (χ0n) is 11.9. The van der Waals surface area contributed by atoms with E-state index in [9.17, 15) is 4.79 Å². The number of hydrogen-bond acceptors (Lipinski definition) is 2. The second-order valence-electron chi connectivity index (χ2n) is 5.85. The molecule has 0 aliphatic carbocycles. The van der Waals surface area contributed by atoms with Gasteiger partial charge in [0, 0.05) is 13.1 Å². The topological polar surface area (TPSA) is 46.3 Å². The van der Waals surface area contributed by atoms with E-state index in [1.165, 1.54) is 5.56 Å². The van der Waals surface area contributed by atoms with Gasteiger partial charge in [0.05, 0.1) is 0 Å². The van der Waals surface area contributed by atoms with E-state index in [1.807, 2.05) is 17.0 Å². The molecule has 3 heteroatoms. The molecule has 2 N–H and O–H groups in total. The lowest BCUT2D eigenvalue weighted by atomic mass is 9.99. The first kappa shape index (κ1) is 14.1. The molecular formula is C16H24N2O. The van der Waals surface area contributed by atoms with Crippen LogP contribution in [0.1, 0.15) is 43.9 Å². The van der Waals surface area contributed by atoms with Gasteiger partial charge in [0.1, 0.15) is 6.04 Å². The van der Waals surface area contributed by atoms with Gasteiger partial charge >= 0.3 is 0 Å². The van der Waals surface area contributed by atoms with E-state index < -0.39 is 6.04 Å². The van der Waals surface area contributed by atoms with Crippen LogP contribution in [-0.4, -0.2) is 23.9 Å². The Bertz CT molecular complexity index is 419.